The van der Waals surface area contributed by atoms with Gasteiger partial charge in [-0.25, -0.2) is 8.42 Å². The van der Waals surface area contributed by atoms with Crippen molar-refractivity contribution in [2.45, 2.75) is 43.0 Å². The summed E-state index contributed by atoms with van der Waals surface area (Å²) in [5.74, 6) is 1.05. The summed E-state index contributed by atoms with van der Waals surface area (Å²) in [6.45, 7) is 5.90. The third kappa shape index (κ3) is 7.13. The Bertz CT molecular complexity index is 1300. The van der Waals surface area contributed by atoms with Crippen molar-refractivity contribution in [1.29, 1.82) is 0 Å². The van der Waals surface area contributed by atoms with Crippen LogP contribution in [0.1, 0.15) is 42.7 Å². The Morgan fingerprint density at radius 1 is 0.976 bits per heavy atom. The second-order valence-corrected chi connectivity index (χ2v) is 13.8. The minimum Gasteiger partial charge on any atom is -0.384 e. The maximum absolute atomic E-state index is 13.6. The molecule has 10 heteroatoms. The molecule has 8 nitrogen and oxygen atoms in total. The summed E-state index contributed by atoms with van der Waals surface area (Å²) in [6, 6.07) is 17.4. The minimum absolute atomic E-state index is 0. The number of rotatable bonds is 9. The number of ether oxygens (including phenoxy) is 1. The van der Waals surface area contributed by atoms with Gasteiger partial charge in [-0.3, -0.25) is 9.59 Å². The number of sulfone groups is 1. The summed E-state index contributed by atoms with van der Waals surface area (Å²) >= 11 is 0. The summed E-state index contributed by atoms with van der Waals surface area (Å²) in [5.41, 5.74) is 1.95. The number of likely N-dealkylation sites (tertiary alicyclic amines) is 3. The van der Waals surface area contributed by atoms with Crippen LogP contribution in [-0.2, 0) is 30.7 Å². The molecule has 5 rings (SSSR count). The molecule has 3 heterocycles. The smallest absolute Gasteiger partial charge is 0.229 e. The van der Waals surface area contributed by atoms with Crippen molar-refractivity contribution in [2.75, 3.05) is 59.2 Å². The van der Waals surface area contributed by atoms with E-state index in [1.807, 2.05) is 28.0 Å². The Kier molecular flexibility index (Phi) is 10.2. The summed E-state index contributed by atoms with van der Waals surface area (Å²) < 4.78 is 28.7. The normalized spacial score (nSPS) is 22.7. The van der Waals surface area contributed by atoms with Crippen LogP contribution in [0.25, 0.3) is 0 Å². The van der Waals surface area contributed by atoms with E-state index in [4.69, 9.17) is 4.74 Å². The largest absolute Gasteiger partial charge is 0.384 e. The molecule has 2 amide bonds. The van der Waals surface area contributed by atoms with E-state index in [1.165, 1.54) is 11.8 Å². The van der Waals surface area contributed by atoms with Crippen LogP contribution in [0.2, 0.25) is 0 Å². The summed E-state index contributed by atoms with van der Waals surface area (Å²) in [5, 5.41) is 0. The maximum Gasteiger partial charge on any atom is 0.229 e. The molecular formula is C31H42ClN3O5S. The zero-order chi connectivity index (χ0) is 28.3. The van der Waals surface area contributed by atoms with Gasteiger partial charge in [0.25, 0.3) is 0 Å². The average Bonchev–Trinajstić information content (AvgIpc) is 3.50. The standard InChI is InChI=1S/C31H41N3O5S.ClH/c1-39-19-12-29(35)34-22-26(28(23-34)25-6-4-3-5-7-25)21-32-16-13-31(14-17-32)15-18-33(30(31)36)20-24-8-10-27(11-9-24)40(2,37)38;/h3-11,26,28H,12-23H2,1-2H3;1H/t26-,28+;/m0./s1. The van der Waals surface area contributed by atoms with Crippen LogP contribution in [0, 0.1) is 11.3 Å². The molecule has 0 aromatic heterocycles. The van der Waals surface area contributed by atoms with E-state index in [9.17, 15) is 18.0 Å². The molecule has 3 aliphatic rings. The van der Waals surface area contributed by atoms with Crippen molar-refractivity contribution in [1.82, 2.24) is 14.7 Å². The molecule has 0 N–H and O–H groups in total. The number of benzene rings is 2. The summed E-state index contributed by atoms with van der Waals surface area (Å²) in [6.07, 6.45) is 4.20. The quantitative estimate of drug-likeness (QED) is 0.435. The van der Waals surface area contributed by atoms with Crippen LogP contribution < -0.4 is 0 Å². The molecule has 0 radical (unpaired) electrons. The van der Waals surface area contributed by atoms with Crippen LogP contribution in [0.5, 0.6) is 0 Å². The number of hydrogen-bond acceptors (Lipinski definition) is 6. The van der Waals surface area contributed by atoms with Gasteiger partial charge in [-0.05, 0) is 61.5 Å². The molecule has 2 aromatic carbocycles. The number of hydrogen-bond donors (Lipinski definition) is 0. The second-order valence-electron chi connectivity index (χ2n) is 11.8. The van der Waals surface area contributed by atoms with E-state index in [2.05, 4.69) is 29.2 Å². The van der Waals surface area contributed by atoms with E-state index < -0.39 is 9.84 Å². The average molecular weight is 604 g/mol. The molecule has 1 spiro atoms. The molecular weight excluding hydrogens is 562 g/mol. The maximum atomic E-state index is 13.6. The van der Waals surface area contributed by atoms with Crippen molar-refractivity contribution < 1.29 is 22.7 Å². The molecule has 2 aromatic rings. The molecule has 3 fully saturated rings. The number of carbonyl (C=O) groups excluding carboxylic acids is 2. The van der Waals surface area contributed by atoms with Gasteiger partial charge >= 0.3 is 0 Å². The molecule has 3 aliphatic heterocycles. The molecule has 41 heavy (non-hydrogen) atoms. The first-order valence-electron chi connectivity index (χ1n) is 14.3. The topological polar surface area (TPSA) is 87.2 Å². The SMILES string of the molecule is COCCC(=O)N1C[C@H](CN2CCC3(CC2)CCN(Cc2ccc(S(C)(=O)=O)cc2)C3=O)[C@@H](c2ccccc2)C1.Cl. The van der Waals surface area contributed by atoms with Crippen LogP contribution in [0.3, 0.4) is 0 Å². The van der Waals surface area contributed by atoms with Gasteiger partial charge in [0.2, 0.25) is 11.8 Å². The highest BCUT2D eigenvalue weighted by Crippen LogP contribution is 2.43. The Hall–Kier alpha value is -2.46. The summed E-state index contributed by atoms with van der Waals surface area (Å²) in [7, 11) is -1.61. The van der Waals surface area contributed by atoms with Crippen LogP contribution in [-0.4, -0.2) is 94.2 Å². The van der Waals surface area contributed by atoms with Crippen molar-refractivity contribution in [2.24, 2.45) is 11.3 Å². The molecule has 0 unspecified atom stereocenters. The van der Waals surface area contributed by atoms with Crippen molar-refractivity contribution in [3.8, 4) is 0 Å². The highest BCUT2D eigenvalue weighted by Gasteiger charge is 2.48. The number of piperidine rings is 1. The van der Waals surface area contributed by atoms with E-state index in [0.29, 0.717) is 36.3 Å². The van der Waals surface area contributed by atoms with Gasteiger partial charge < -0.3 is 19.4 Å². The zero-order valence-electron chi connectivity index (χ0n) is 24.0. The molecule has 224 valence electrons. The van der Waals surface area contributed by atoms with Crippen LogP contribution in [0.15, 0.2) is 59.5 Å². The lowest BCUT2D eigenvalue weighted by atomic mass is 9.76. The van der Waals surface area contributed by atoms with Gasteiger partial charge in [-0.15, -0.1) is 12.4 Å². The lowest BCUT2D eigenvalue weighted by Crippen LogP contribution is -2.46. The van der Waals surface area contributed by atoms with E-state index in [-0.39, 0.29) is 29.6 Å². The first kappa shape index (κ1) is 31.5. The first-order chi connectivity index (χ1) is 19.2. The summed E-state index contributed by atoms with van der Waals surface area (Å²) in [4.78, 5) is 33.1. The minimum atomic E-state index is -3.23. The van der Waals surface area contributed by atoms with Gasteiger partial charge in [-0.1, -0.05) is 42.5 Å². The van der Waals surface area contributed by atoms with Crippen LogP contribution in [0.4, 0.5) is 0 Å². The van der Waals surface area contributed by atoms with E-state index in [1.54, 1.807) is 19.2 Å². The monoisotopic (exact) mass is 603 g/mol. The van der Waals surface area contributed by atoms with Gasteiger partial charge in [0.1, 0.15) is 0 Å². The lowest BCUT2D eigenvalue weighted by molar-refractivity contribution is -0.139. The van der Waals surface area contributed by atoms with Crippen molar-refractivity contribution in [3.05, 3.63) is 65.7 Å². The van der Waals surface area contributed by atoms with Gasteiger partial charge in [0.15, 0.2) is 9.84 Å². The van der Waals surface area contributed by atoms with Crippen molar-refractivity contribution in [3.63, 3.8) is 0 Å². The number of methoxy groups -OCH3 is 1. The molecule has 2 atom stereocenters. The third-order valence-corrected chi connectivity index (χ3v) is 10.3. The predicted molar refractivity (Wildman–Crippen MR) is 161 cm³/mol. The van der Waals surface area contributed by atoms with Gasteiger partial charge in [-0.2, -0.15) is 0 Å². The molecule has 0 saturated carbocycles. The number of nitrogens with zero attached hydrogens (tertiary/aromatic N) is 3. The second kappa shape index (κ2) is 13.2. The van der Waals surface area contributed by atoms with E-state index >= 15 is 0 Å². The lowest BCUT2D eigenvalue weighted by Gasteiger charge is -2.39. The highest BCUT2D eigenvalue weighted by molar-refractivity contribution is 7.90. The van der Waals surface area contributed by atoms with Crippen LogP contribution >= 0.6 is 12.4 Å². The van der Waals surface area contributed by atoms with E-state index in [0.717, 1.165) is 64.1 Å². The molecule has 0 aliphatic carbocycles. The van der Waals surface area contributed by atoms with Crippen molar-refractivity contribution >= 4 is 34.1 Å². The molecule has 3 saturated heterocycles. The molecule has 0 bridgehead atoms. The van der Waals surface area contributed by atoms with Gasteiger partial charge in [0, 0.05) is 52.0 Å². The number of amides is 2. The zero-order valence-corrected chi connectivity index (χ0v) is 25.7. The number of carbonyl (C=O) groups is 2. The fourth-order valence-electron chi connectivity index (χ4n) is 6.75. The Labute approximate surface area is 250 Å². The fraction of sp³-hybridized carbons (Fsp3) is 0.548. The Morgan fingerprint density at radius 3 is 2.27 bits per heavy atom. The Morgan fingerprint density at radius 2 is 1.63 bits per heavy atom. The first-order valence-corrected chi connectivity index (χ1v) is 16.2. The predicted octanol–water partition coefficient (Wildman–Crippen LogP) is 3.61. The third-order valence-electron chi connectivity index (χ3n) is 9.17. The number of halogens is 1. The Balaban J connectivity index is 0.00000387. The highest BCUT2D eigenvalue weighted by atomic mass is 35.5. The van der Waals surface area contributed by atoms with Gasteiger partial charge in [0.05, 0.1) is 23.3 Å². The fourth-order valence-corrected chi connectivity index (χ4v) is 7.38.